The van der Waals surface area contributed by atoms with Gasteiger partial charge in [-0.25, -0.2) is 0 Å². The molecule has 0 radical (unpaired) electrons. The Labute approximate surface area is 202 Å². The summed E-state index contributed by atoms with van der Waals surface area (Å²) in [5.41, 5.74) is 1.29. The lowest BCUT2D eigenvalue weighted by molar-refractivity contribution is -0.133. The fourth-order valence-electron chi connectivity index (χ4n) is 4.00. The molecule has 0 saturated carbocycles. The number of carbonyl (C=O) groups is 2. The Hall–Kier alpha value is -3.40. The largest absolute Gasteiger partial charge is 0.482 e. The van der Waals surface area contributed by atoms with E-state index < -0.39 is 0 Å². The first-order valence-electron chi connectivity index (χ1n) is 11.4. The standard InChI is InChI=1S/C23H28ClN7O3/c1-3-29(4-2)22(32)14-34-19-6-5-17(13-18(19)24)26-23(33)16-9-11-30(12-10-16)21-8-7-20-27-25-15-31(20)28-21/h5-8,13,15-16H,3-4,9-12,14H2,1-2H3,(H,26,33). The fraction of sp³-hybridized carbons (Fsp3) is 0.435. The third-order valence-corrected chi connectivity index (χ3v) is 6.30. The molecule has 3 aromatic rings. The lowest BCUT2D eigenvalue weighted by atomic mass is 9.96. The molecule has 180 valence electrons. The first-order chi connectivity index (χ1) is 16.5. The lowest BCUT2D eigenvalue weighted by Crippen LogP contribution is -2.38. The summed E-state index contributed by atoms with van der Waals surface area (Å²) >= 11 is 6.32. The SMILES string of the molecule is CCN(CC)C(=O)COc1ccc(NC(=O)C2CCN(c3ccc4nncn4n3)CC2)cc1Cl. The van der Waals surface area contributed by atoms with Gasteiger partial charge < -0.3 is 19.9 Å². The minimum Gasteiger partial charge on any atom is -0.482 e. The van der Waals surface area contributed by atoms with Gasteiger partial charge in [-0.1, -0.05) is 11.6 Å². The zero-order valence-electron chi connectivity index (χ0n) is 19.3. The summed E-state index contributed by atoms with van der Waals surface area (Å²) in [6.07, 6.45) is 3.01. The van der Waals surface area contributed by atoms with Crippen LogP contribution in [0.2, 0.25) is 5.02 Å². The number of nitrogens with one attached hydrogen (secondary N) is 1. The number of rotatable bonds is 8. The maximum absolute atomic E-state index is 12.8. The van der Waals surface area contributed by atoms with Crippen molar-refractivity contribution in [2.75, 3.05) is 43.0 Å². The van der Waals surface area contributed by atoms with Crippen molar-refractivity contribution in [3.8, 4) is 5.75 Å². The van der Waals surface area contributed by atoms with E-state index in [4.69, 9.17) is 16.3 Å². The number of halogens is 1. The third-order valence-electron chi connectivity index (χ3n) is 6.00. The van der Waals surface area contributed by atoms with Crippen LogP contribution in [0.3, 0.4) is 0 Å². The van der Waals surface area contributed by atoms with E-state index in [0.717, 1.165) is 31.7 Å². The lowest BCUT2D eigenvalue weighted by Gasteiger charge is -2.32. The summed E-state index contributed by atoms with van der Waals surface area (Å²) < 4.78 is 7.22. The Morgan fingerprint density at radius 3 is 2.65 bits per heavy atom. The zero-order valence-corrected chi connectivity index (χ0v) is 20.0. The molecular weight excluding hydrogens is 458 g/mol. The van der Waals surface area contributed by atoms with E-state index in [-0.39, 0.29) is 24.3 Å². The summed E-state index contributed by atoms with van der Waals surface area (Å²) in [5, 5.41) is 15.6. The molecule has 1 aromatic carbocycles. The number of carbonyl (C=O) groups excluding carboxylic acids is 2. The summed E-state index contributed by atoms with van der Waals surface area (Å²) in [5.74, 6) is 1.01. The molecule has 0 spiro atoms. The van der Waals surface area contributed by atoms with E-state index in [1.54, 1.807) is 33.9 Å². The highest BCUT2D eigenvalue weighted by atomic mass is 35.5. The first-order valence-corrected chi connectivity index (χ1v) is 11.8. The smallest absolute Gasteiger partial charge is 0.260 e. The molecular formula is C23H28ClN7O3. The minimum absolute atomic E-state index is 0.0386. The molecule has 0 atom stereocenters. The maximum Gasteiger partial charge on any atom is 0.260 e. The van der Waals surface area contributed by atoms with Gasteiger partial charge in [0.2, 0.25) is 5.91 Å². The monoisotopic (exact) mass is 485 g/mol. The molecule has 10 nitrogen and oxygen atoms in total. The average Bonchev–Trinajstić information content (AvgIpc) is 3.32. The van der Waals surface area contributed by atoms with Crippen molar-refractivity contribution in [2.24, 2.45) is 5.92 Å². The second-order valence-electron chi connectivity index (χ2n) is 8.08. The van der Waals surface area contributed by atoms with Gasteiger partial charge >= 0.3 is 0 Å². The number of ether oxygens (including phenoxy) is 1. The number of likely N-dealkylation sites (N-methyl/N-ethyl adjacent to an activating group) is 1. The molecule has 34 heavy (non-hydrogen) atoms. The molecule has 1 aliphatic heterocycles. The van der Waals surface area contributed by atoms with Crippen molar-refractivity contribution >= 4 is 40.6 Å². The van der Waals surface area contributed by atoms with Crippen molar-refractivity contribution in [3.05, 3.63) is 41.7 Å². The van der Waals surface area contributed by atoms with Crippen molar-refractivity contribution in [2.45, 2.75) is 26.7 Å². The van der Waals surface area contributed by atoms with Gasteiger partial charge in [0.1, 0.15) is 17.9 Å². The van der Waals surface area contributed by atoms with E-state index in [9.17, 15) is 9.59 Å². The molecule has 1 fully saturated rings. The van der Waals surface area contributed by atoms with Crippen LogP contribution in [0, 0.1) is 5.92 Å². The second-order valence-corrected chi connectivity index (χ2v) is 8.48. The van der Waals surface area contributed by atoms with E-state index in [1.807, 2.05) is 26.0 Å². The van der Waals surface area contributed by atoms with Crippen LogP contribution in [-0.2, 0) is 9.59 Å². The molecule has 2 aromatic heterocycles. The predicted molar refractivity (Wildman–Crippen MR) is 129 cm³/mol. The molecule has 1 saturated heterocycles. The van der Waals surface area contributed by atoms with Gasteiger partial charge in [-0.05, 0) is 57.0 Å². The van der Waals surface area contributed by atoms with Gasteiger partial charge in [0.15, 0.2) is 12.3 Å². The number of aromatic nitrogens is 4. The number of piperidine rings is 1. The number of nitrogens with zero attached hydrogens (tertiary/aromatic N) is 6. The number of anilines is 2. The Bertz CT molecular complexity index is 1160. The quantitative estimate of drug-likeness (QED) is 0.523. The van der Waals surface area contributed by atoms with Crippen LogP contribution in [0.15, 0.2) is 36.7 Å². The van der Waals surface area contributed by atoms with Crippen LogP contribution in [0.5, 0.6) is 5.75 Å². The fourth-order valence-corrected chi connectivity index (χ4v) is 4.24. The van der Waals surface area contributed by atoms with E-state index in [0.29, 0.717) is 35.2 Å². The van der Waals surface area contributed by atoms with Gasteiger partial charge in [0, 0.05) is 37.8 Å². The van der Waals surface area contributed by atoms with Crippen molar-refractivity contribution in [1.29, 1.82) is 0 Å². The number of hydrogen-bond acceptors (Lipinski definition) is 7. The topological polar surface area (TPSA) is 105 Å². The Balaban J connectivity index is 1.29. The molecule has 1 aliphatic rings. The Morgan fingerprint density at radius 2 is 1.94 bits per heavy atom. The number of fused-ring (bicyclic) bond motifs is 1. The second kappa shape index (κ2) is 10.7. The van der Waals surface area contributed by atoms with Crippen LogP contribution in [0.25, 0.3) is 5.65 Å². The molecule has 0 aliphatic carbocycles. The molecule has 0 bridgehead atoms. The average molecular weight is 486 g/mol. The number of amides is 2. The van der Waals surface area contributed by atoms with Gasteiger partial charge in [0.05, 0.1) is 5.02 Å². The van der Waals surface area contributed by atoms with Gasteiger partial charge in [0.25, 0.3) is 5.91 Å². The summed E-state index contributed by atoms with van der Waals surface area (Å²) in [6.45, 7) is 6.48. The van der Waals surface area contributed by atoms with Crippen LogP contribution in [-0.4, -0.2) is 69.3 Å². The maximum atomic E-state index is 12.8. The highest BCUT2D eigenvalue weighted by molar-refractivity contribution is 6.32. The third kappa shape index (κ3) is 5.39. The Kier molecular flexibility index (Phi) is 7.46. The highest BCUT2D eigenvalue weighted by Gasteiger charge is 2.26. The normalized spacial score (nSPS) is 14.3. The van der Waals surface area contributed by atoms with Crippen molar-refractivity contribution in [1.82, 2.24) is 24.7 Å². The highest BCUT2D eigenvalue weighted by Crippen LogP contribution is 2.29. The number of benzene rings is 1. The van der Waals surface area contributed by atoms with Gasteiger partial charge in [-0.3, -0.25) is 9.59 Å². The van der Waals surface area contributed by atoms with Crippen LogP contribution in [0.4, 0.5) is 11.5 Å². The van der Waals surface area contributed by atoms with Crippen LogP contribution >= 0.6 is 11.6 Å². The number of hydrogen-bond donors (Lipinski definition) is 1. The molecule has 2 amide bonds. The van der Waals surface area contributed by atoms with Gasteiger partial charge in [-0.2, -0.15) is 4.52 Å². The van der Waals surface area contributed by atoms with Crippen molar-refractivity contribution < 1.29 is 14.3 Å². The Morgan fingerprint density at radius 1 is 1.18 bits per heavy atom. The van der Waals surface area contributed by atoms with Crippen LogP contribution in [0.1, 0.15) is 26.7 Å². The summed E-state index contributed by atoms with van der Waals surface area (Å²) in [6, 6.07) is 8.85. The zero-order chi connectivity index (χ0) is 24.1. The van der Waals surface area contributed by atoms with E-state index in [2.05, 4.69) is 25.5 Å². The van der Waals surface area contributed by atoms with Crippen LogP contribution < -0.4 is 15.0 Å². The van der Waals surface area contributed by atoms with Crippen molar-refractivity contribution in [3.63, 3.8) is 0 Å². The van der Waals surface area contributed by atoms with Gasteiger partial charge in [-0.15, -0.1) is 15.3 Å². The molecule has 4 rings (SSSR count). The molecule has 3 heterocycles. The van der Waals surface area contributed by atoms with E-state index >= 15 is 0 Å². The predicted octanol–water partition coefficient (Wildman–Crippen LogP) is 2.88. The summed E-state index contributed by atoms with van der Waals surface area (Å²) in [7, 11) is 0. The molecule has 11 heteroatoms. The first kappa shape index (κ1) is 23.7. The minimum atomic E-state index is -0.101. The summed E-state index contributed by atoms with van der Waals surface area (Å²) in [4.78, 5) is 28.8. The van der Waals surface area contributed by atoms with E-state index in [1.165, 1.54) is 0 Å². The molecule has 0 unspecified atom stereocenters. The molecule has 1 N–H and O–H groups in total.